The van der Waals surface area contributed by atoms with Crippen LogP contribution in [0.15, 0.2) is 35.9 Å². The van der Waals surface area contributed by atoms with Crippen molar-refractivity contribution in [2.45, 2.75) is 133 Å². The maximum absolute atomic E-state index is 14.3. The maximum Gasteiger partial charge on any atom is 0.409 e. The highest BCUT2D eigenvalue weighted by Gasteiger charge is 2.64. The molecule has 20 heteroatoms. The molecule has 4 aliphatic heterocycles. The number of carbonyl (C=O) groups is 7. The van der Waals surface area contributed by atoms with Crippen molar-refractivity contribution in [2.75, 3.05) is 45.5 Å². The summed E-state index contributed by atoms with van der Waals surface area (Å²) in [5.41, 5.74) is 4.31. The van der Waals surface area contributed by atoms with E-state index in [1.54, 1.807) is 45.2 Å². The molecule has 1 aliphatic carbocycles. The van der Waals surface area contributed by atoms with Crippen LogP contribution in [0.5, 0.6) is 5.75 Å². The van der Waals surface area contributed by atoms with Crippen LogP contribution in [0.2, 0.25) is 5.02 Å². The number of alkyl carbamates (subject to hydrolysis) is 1. The standard InChI is InChI=1S/C47H64ClN5O13S/c1-25-10-9-11-35(63-8)47(61)23-33(64-45(60)50-47)26(2)41-46(4,66-41)36(22-38(55)52(6)31-19-29(18-25)20-32(62-7)40(31)48)65-44(59)27(3)51(5)37(54)16-17-67-34-21-39(56)53(43(34)58)24-28-12-14-30(15-13-28)42(49)57/h9-11,19-20,26-28,30,33-36,41,61H,12-18,21-24H2,1-8H3,(H2,49,57)(H,50,60)/b11-9+,25-10+/t26-,27+,28?,30?,33+,34?,35-,36+,41+,46+,47+/m1/s1. The number of esters is 1. The molecule has 6 amide bonds. The predicted octanol–water partition coefficient (Wildman–Crippen LogP) is 4.06. The second kappa shape index (κ2) is 21.3. The third-order valence-electron chi connectivity index (χ3n) is 14.1. The smallest absolute Gasteiger partial charge is 0.409 e. The van der Waals surface area contributed by atoms with E-state index in [4.69, 9.17) is 41.0 Å². The zero-order chi connectivity index (χ0) is 49.1. The minimum Gasteiger partial charge on any atom is -0.495 e. The lowest BCUT2D eigenvalue weighted by Crippen LogP contribution is -2.63. The molecule has 1 aromatic carbocycles. The van der Waals surface area contributed by atoms with E-state index in [0.717, 1.165) is 11.1 Å². The number of nitrogens with one attached hydrogen (secondary N) is 1. The number of allylic oxidation sites excluding steroid dienone is 3. The highest BCUT2D eigenvalue weighted by molar-refractivity contribution is 8.00. The molecule has 67 heavy (non-hydrogen) atoms. The van der Waals surface area contributed by atoms with E-state index in [-0.39, 0.29) is 66.0 Å². The topological polar surface area (TPSA) is 237 Å². The van der Waals surface area contributed by atoms with Gasteiger partial charge in [0.15, 0.2) is 5.72 Å². The first kappa shape index (κ1) is 51.7. The Morgan fingerprint density at radius 3 is 2.46 bits per heavy atom. The van der Waals surface area contributed by atoms with Gasteiger partial charge in [-0.15, -0.1) is 11.8 Å². The lowest BCUT2D eigenvalue weighted by atomic mass is 9.81. The third kappa shape index (κ3) is 11.6. The Morgan fingerprint density at radius 2 is 1.81 bits per heavy atom. The van der Waals surface area contributed by atoms with E-state index in [2.05, 4.69) is 5.32 Å². The Balaban J connectivity index is 1.16. The molecule has 0 spiro atoms. The molecule has 1 unspecified atom stereocenters. The highest BCUT2D eigenvalue weighted by Crippen LogP contribution is 2.49. The summed E-state index contributed by atoms with van der Waals surface area (Å²) in [5, 5.41) is 13.9. The quantitative estimate of drug-likeness (QED) is 0.152. The molecule has 4 bridgehead atoms. The molecular weight excluding hydrogens is 910 g/mol. The van der Waals surface area contributed by atoms with Crippen molar-refractivity contribution in [1.82, 2.24) is 15.1 Å². The van der Waals surface area contributed by atoms with Gasteiger partial charge in [-0.05, 0) is 76.5 Å². The summed E-state index contributed by atoms with van der Waals surface area (Å²) in [6.45, 7) is 7.16. The number of imide groups is 1. The van der Waals surface area contributed by atoms with Crippen molar-refractivity contribution in [3.8, 4) is 5.75 Å². The number of benzene rings is 1. The van der Waals surface area contributed by atoms with Gasteiger partial charge in [-0.1, -0.05) is 42.3 Å². The van der Waals surface area contributed by atoms with Crippen LogP contribution in [0.1, 0.15) is 84.6 Å². The summed E-state index contributed by atoms with van der Waals surface area (Å²) in [5.74, 6) is -2.71. The van der Waals surface area contributed by atoms with E-state index in [1.807, 2.05) is 13.0 Å². The number of thioether (sulfide) groups is 1. The van der Waals surface area contributed by atoms with Crippen molar-refractivity contribution in [3.05, 3.63) is 46.5 Å². The van der Waals surface area contributed by atoms with Gasteiger partial charge in [-0.25, -0.2) is 9.59 Å². The fraction of sp³-hybridized carbons (Fsp3) is 0.638. The number of rotatable bonds is 12. The monoisotopic (exact) mass is 973 g/mol. The fourth-order valence-electron chi connectivity index (χ4n) is 9.55. The number of likely N-dealkylation sites (N-methyl/N-ethyl adjacent to an activating group) is 1. The number of halogens is 1. The number of hydrogen-bond acceptors (Lipinski definition) is 14. The molecule has 368 valence electrons. The van der Waals surface area contributed by atoms with E-state index in [9.17, 15) is 38.7 Å². The van der Waals surface area contributed by atoms with Gasteiger partial charge in [0, 0.05) is 64.6 Å². The first-order valence-corrected chi connectivity index (χ1v) is 24.1. The molecule has 4 heterocycles. The van der Waals surface area contributed by atoms with Crippen molar-refractivity contribution in [2.24, 2.45) is 23.5 Å². The number of nitrogens with zero attached hydrogens (tertiary/aromatic N) is 3. The second-order valence-corrected chi connectivity index (χ2v) is 20.4. The number of aliphatic hydroxyl groups is 1. The van der Waals surface area contributed by atoms with E-state index < -0.39 is 76.8 Å². The van der Waals surface area contributed by atoms with Gasteiger partial charge in [0.05, 0.1) is 30.6 Å². The van der Waals surface area contributed by atoms with E-state index in [1.165, 1.54) is 54.7 Å². The van der Waals surface area contributed by atoms with Crippen LogP contribution in [0.25, 0.3) is 0 Å². The molecule has 18 nitrogen and oxygen atoms in total. The van der Waals surface area contributed by atoms with E-state index in [0.29, 0.717) is 50.1 Å². The second-order valence-electron chi connectivity index (χ2n) is 18.7. The normalized spacial score (nSPS) is 33.1. The molecule has 4 fully saturated rings. The van der Waals surface area contributed by atoms with Crippen LogP contribution in [-0.2, 0) is 54.1 Å². The Kier molecular flexibility index (Phi) is 16.4. The van der Waals surface area contributed by atoms with Crippen LogP contribution in [0, 0.1) is 17.8 Å². The molecule has 3 saturated heterocycles. The number of hydrogen-bond donors (Lipinski definition) is 3. The average molecular weight is 975 g/mol. The summed E-state index contributed by atoms with van der Waals surface area (Å²) >= 11 is 8.02. The van der Waals surface area contributed by atoms with Crippen molar-refractivity contribution in [1.29, 1.82) is 0 Å². The first-order chi connectivity index (χ1) is 31.6. The number of methoxy groups -OCH3 is 2. The van der Waals surface area contributed by atoms with Gasteiger partial charge in [0.2, 0.25) is 29.5 Å². The number of carbonyl (C=O) groups excluding carboxylic acids is 7. The number of nitrogens with two attached hydrogens (primary N) is 1. The predicted molar refractivity (Wildman–Crippen MR) is 248 cm³/mol. The molecule has 9 atom stereocenters. The van der Waals surface area contributed by atoms with Crippen molar-refractivity contribution < 1.29 is 62.4 Å². The maximum atomic E-state index is 14.3. The lowest BCUT2D eigenvalue weighted by Gasteiger charge is -2.42. The summed E-state index contributed by atoms with van der Waals surface area (Å²) < 4.78 is 29.4. The lowest BCUT2D eigenvalue weighted by molar-refractivity contribution is -0.162. The number of epoxide rings is 1. The van der Waals surface area contributed by atoms with Gasteiger partial charge >= 0.3 is 12.1 Å². The SMILES string of the molecule is COc1cc2cc(c1Cl)N(C)C(=O)C[C@H](OC(=O)[C@H](C)N(C)C(=O)CCSC1CC(=O)N(CC3CCC(C(N)=O)CC3)C1=O)[C@]1(C)O[C@H]1[C@H](C)[C@@H]1C[C@@](O)(NC(=O)O1)[C@H](OC)/C=C/C=C(\C)C2. The fourth-order valence-corrected chi connectivity index (χ4v) is 11.0. The van der Waals surface area contributed by atoms with Crippen LogP contribution in [-0.4, -0.2) is 144 Å². The van der Waals surface area contributed by atoms with Crippen molar-refractivity contribution >= 4 is 70.6 Å². The van der Waals surface area contributed by atoms with E-state index >= 15 is 0 Å². The van der Waals surface area contributed by atoms with Crippen LogP contribution >= 0.6 is 23.4 Å². The molecule has 5 aliphatic rings. The average Bonchev–Trinajstić information content (AvgIpc) is 3.91. The zero-order valence-corrected chi connectivity index (χ0v) is 41.0. The third-order valence-corrected chi connectivity index (χ3v) is 15.6. The Hall–Kier alpha value is -4.69. The van der Waals surface area contributed by atoms with Gasteiger partial charge in [-0.2, -0.15) is 0 Å². The Labute approximate surface area is 400 Å². The minimum absolute atomic E-state index is 0.0246. The van der Waals surface area contributed by atoms with Crippen LogP contribution in [0.4, 0.5) is 10.5 Å². The number of anilines is 1. The van der Waals surface area contributed by atoms with Gasteiger partial charge in [0.1, 0.15) is 40.7 Å². The molecule has 0 aromatic heterocycles. The van der Waals surface area contributed by atoms with Crippen molar-refractivity contribution in [3.63, 3.8) is 0 Å². The summed E-state index contributed by atoms with van der Waals surface area (Å²) in [4.78, 5) is 96.5. The van der Waals surface area contributed by atoms with Gasteiger partial charge in [0.25, 0.3) is 0 Å². The number of ether oxygens (including phenoxy) is 5. The zero-order valence-electron chi connectivity index (χ0n) is 39.4. The Morgan fingerprint density at radius 1 is 1.10 bits per heavy atom. The number of primary amides is 1. The largest absolute Gasteiger partial charge is 0.495 e. The number of amides is 6. The van der Waals surface area contributed by atoms with Gasteiger partial charge < -0.3 is 44.3 Å². The van der Waals surface area contributed by atoms with Crippen LogP contribution < -0.4 is 20.7 Å². The summed E-state index contributed by atoms with van der Waals surface area (Å²) in [7, 11) is 5.89. The first-order valence-electron chi connectivity index (χ1n) is 22.7. The van der Waals surface area contributed by atoms with Crippen LogP contribution in [0.3, 0.4) is 0 Å². The molecule has 4 N–H and O–H groups in total. The summed E-state index contributed by atoms with van der Waals surface area (Å²) in [6.07, 6.45) is 3.11. The molecule has 6 rings (SSSR count). The van der Waals surface area contributed by atoms with Gasteiger partial charge in [-0.3, -0.25) is 34.2 Å². The summed E-state index contributed by atoms with van der Waals surface area (Å²) in [6, 6.07) is 2.42. The molecule has 1 aromatic rings. The molecule has 1 saturated carbocycles. The Bertz CT molecular complexity index is 2170. The number of fused-ring (bicyclic) bond motifs is 5. The minimum atomic E-state index is -1.87. The molecular formula is C47H64ClN5O13S. The molecule has 0 radical (unpaired) electrons. The highest BCUT2D eigenvalue weighted by atomic mass is 35.5. The number of likely N-dealkylation sites (tertiary alicyclic amines) is 1.